The molecule has 0 spiro atoms. The van der Waals surface area contributed by atoms with E-state index in [0.29, 0.717) is 19.7 Å². The molecule has 0 unspecified atom stereocenters. The van der Waals surface area contributed by atoms with Gasteiger partial charge in [0.05, 0.1) is 15.1 Å². The normalized spacial score (nSPS) is 11.3. The second-order valence-corrected chi connectivity index (χ2v) is 7.98. The van der Waals surface area contributed by atoms with Crippen molar-refractivity contribution in [1.29, 1.82) is 0 Å². The summed E-state index contributed by atoms with van der Waals surface area (Å²) in [6, 6.07) is 9.48. The third-order valence-electron chi connectivity index (χ3n) is 4.12. The van der Waals surface area contributed by atoms with Gasteiger partial charge in [0.15, 0.2) is 11.6 Å². The molecule has 7 nitrogen and oxygen atoms in total. The highest BCUT2D eigenvalue weighted by atomic mass is 79.9. The lowest BCUT2D eigenvalue weighted by molar-refractivity contribution is -0.0487. The van der Waals surface area contributed by atoms with Gasteiger partial charge in [0.1, 0.15) is 16.0 Å². The van der Waals surface area contributed by atoms with Gasteiger partial charge < -0.3 is 4.74 Å². The maximum atomic E-state index is 13.3. The number of nitrogens with zero attached hydrogens (tertiary/aromatic N) is 5. The van der Waals surface area contributed by atoms with Crippen LogP contribution in [0.1, 0.15) is 10.5 Å². The molecule has 12 heteroatoms. The average Bonchev–Trinajstić information content (AvgIpc) is 3.31. The number of alkyl halides is 2. The molecule has 0 radical (unpaired) electrons. The van der Waals surface area contributed by atoms with E-state index in [-0.39, 0.29) is 23.1 Å². The molecule has 0 aliphatic carbocycles. The molecule has 0 bridgehead atoms. The van der Waals surface area contributed by atoms with Crippen molar-refractivity contribution in [1.82, 2.24) is 19.1 Å². The van der Waals surface area contributed by atoms with Crippen molar-refractivity contribution < 1.29 is 18.3 Å². The summed E-state index contributed by atoms with van der Waals surface area (Å²) in [5, 5.41) is 4.86. The lowest BCUT2D eigenvalue weighted by atomic mass is 10.2. The standard InChI is InChI=1S/C18H11BrClF2N5O2S/c1-26(16-14-11(29-18(21)22)5-2-6-12(14)30-25-16)17(28)10-8-13(19)24-27(10)15-9(20)4-3-7-23-15/h2-8,18H,1H3. The zero-order valence-corrected chi connectivity index (χ0v) is 18.2. The van der Waals surface area contributed by atoms with E-state index < -0.39 is 12.5 Å². The van der Waals surface area contributed by atoms with Crippen molar-refractivity contribution in [2.75, 3.05) is 11.9 Å². The molecule has 0 aliphatic rings. The molecular weight excluding hydrogens is 504 g/mol. The Balaban J connectivity index is 1.79. The fourth-order valence-electron chi connectivity index (χ4n) is 2.84. The molecule has 0 fully saturated rings. The van der Waals surface area contributed by atoms with Crippen LogP contribution in [0.2, 0.25) is 5.02 Å². The molecule has 0 atom stereocenters. The van der Waals surface area contributed by atoms with Gasteiger partial charge in [-0.25, -0.2) is 9.67 Å². The van der Waals surface area contributed by atoms with Crippen LogP contribution in [0.3, 0.4) is 0 Å². The van der Waals surface area contributed by atoms with Crippen LogP contribution in [0.15, 0.2) is 47.2 Å². The van der Waals surface area contributed by atoms with Crippen LogP contribution >= 0.6 is 39.1 Å². The quantitative estimate of drug-likeness (QED) is 0.367. The van der Waals surface area contributed by atoms with Crippen LogP contribution in [0.25, 0.3) is 15.9 Å². The first-order valence-corrected chi connectivity index (χ1v) is 10.3. The summed E-state index contributed by atoms with van der Waals surface area (Å²) >= 11 is 10.5. The summed E-state index contributed by atoms with van der Waals surface area (Å²) in [5.41, 5.74) is 0.151. The van der Waals surface area contributed by atoms with Crippen LogP contribution in [-0.2, 0) is 0 Å². The molecule has 1 aromatic carbocycles. The summed E-state index contributed by atoms with van der Waals surface area (Å²) in [6.45, 7) is -3.01. The predicted octanol–water partition coefficient (Wildman–Crippen LogP) is 5.17. The van der Waals surface area contributed by atoms with Crippen LogP contribution < -0.4 is 9.64 Å². The maximum Gasteiger partial charge on any atom is 0.387 e. The van der Waals surface area contributed by atoms with Crippen LogP contribution in [0, 0.1) is 0 Å². The average molecular weight is 515 g/mol. The number of ether oxygens (including phenoxy) is 1. The summed E-state index contributed by atoms with van der Waals surface area (Å²) in [6.07, 6.45) is 1.52. The van der Waals surface area contributed by atoms with Crippen molar-refractivity contribution in [2.45, 2.75) is 6.61 Å². The third kappa shape index (κ3) is 3.75. The molecule has 4 aromatic rings. The number of carbonyl (C=O) groups is 1. The number of carbonyl (C=O) groups excluding carboxylic acids is 1. The Morgan fingerprint density at radius 3 is 2.87 bits per heavy atom. The first kappa shape index (κ1) is 20.6. The smallest absolute Gasteiger partial charge is 0.387 e. The van der Waals surface area contributed by atoms with Crippen LogP contribution in [-0.4, -0.2) is 38.7 Å². The van der Waals surface area contributed by atoms with E-state index >= 15 is 0 Å². The van der Waals surface area contributed by atoms with E-state index in [2.05, 4.69) is 35.1 Å². The molecular formula is C18H11BrClF2N5O2S. The lowest BCUT2D eigenvalue weighted by Gasteiger charge is -2.17. The van der Waals surface area contributed by atoms with E-state index in [1.807, 2.05) is 0 Å². The van der Waals surface area contributed by atoms with Crippen molar-refractivity contribution in [3.8, 4) is 11.6 Å². The molecule has 0 saturated carbocycles. The summed E-state index contributed by atoms with van der Waals surface area (Å²) in [5.74, 6) is -0.0963. The van der Waals surface area contributed by atoms with Gasteiger partial charge in [-0.15, -0.1) is 0 Å². The number of amides is 1. The fraction of sp³-hybridized carbons (Fsp3) is 0.111. The first-order valence-electron chi connectivity index (χ1n) is 8.34. The minimum absolute atomic E-state index is 0.0617. The molecule has 30 heavy (non-hydrogen) atoms. The topological polar surface area (TPSA) is 73.1 Å². The minimum Gasteiger partial charge on any atom is -0.434 e. The molecule has 0 N–H and O–H groups in total. The molecule has 4 rings (SSSR count). The summed E-state index contributed by atoms with van der Waals surface area (Å²) in [4.78, 5) is 18.7. The van der Waals surface area contributed by atoms with Crippen LogP contribution in [0.5, 0.6) is 5.75 Å². The zero-order chi connectivity index (χ0) is 21.4. The van der Waals surface area contributed by atoms with Crippen molar-refractivity contribution in [3.05, 3.63) is 57.9 Å². The Hall–Kier alpha value is -2.63. The van der Waals surface area contributed by atoms with E-state index in [1.54, 1.807) is 24.3 Å². The number of hydrogen-bond acceptors (Lipinski definition) is 6. The largest absolute Gasteiger partial charge is 0.434 e. The highest BCUT2D eigenvalue weighted by molar-refractivity contribution is 9.10. The van der Waals surface area contributed by atoms with Gasteiger partial charge in [-0.05, 0) is 51.7 Å². The number of fused-ring (bicyclic) bond motifs is 1. The number of pyridine rings is 1. The Bertz CT molecular complexity index is 1250. The van der Waals surface area contributed by atoms with Crippen molar-refractivity contribution >= 4 is 60.9 Å². The third-order valence-corrected chi connectivity index (χ3v) is 5.60. The van der Waals surface area contributed by atoms with Crippen molar-refractivity contribution in [3.63, 3.8) is 0 Å². The predicted molar refractivity (Wildman–Crippen MR) is 113 cm³/mol. The van der Waals surface area contributed by atoms with Gasteiger partial charge in [-0.3, -0.25) is 9.69 Å². The van der Waals surface area contributed by atoms with E-state index in [9.17, 15) is 13.6 Å². The SMILES string of the molecule is CN(C(=O)c1cc(Br)nn1-c1ncccc1Cl)c1nsc2cccc(OC(F)F)c12. The summed E-state index contributed by atoms with van der Waals surface area (Å²) in [7, 11) is 1.49. The number of anilines is 1. The minimum atomic E-state index is -3.01. The highest BCUT2D eigenvalue weighted by Crippen LogP contribution is 2.37. The summed E-state index contributed by atoms with van der Waals surface area (Å²) < 4.78 is 36.9. The lowest BCUT2D eigenvalue weighted by Crippen LogP contribution is -2.29. The number of rotatable bonds is 5. The molecule has 3 aromatic heterocycles. The van der Waals surface area contributed by atoms with E-state index in [4.69, 9.17) is 11.6 Å². The van der Waals surface area contributed by atoms with Gasteiger partial charge in [-0.1, -0.05) is 17.7 Å². The Morgan fingerprint density at radius 2 is 2.13 bits per heavy atom. The maximum absolute atomic E-state index is 13.3. The number of hydrogen-bond donors (Lipinski definition) is 0. The second-order valence-electron chi connectivity index (χ2n) is 5.95. The first-order chi connectivity index (χ1) is 14.4. The van der Waals surface area contributed by atoms with Gasteiger partial charge in [-0.2, -0.15) is 18.3 Å². The molecule has 0 saturated heterocycles. The Morgan fingerprint density at radius 1 is 1.33 bits per heavy atom. The zero-order valence-electron chi connectivity index (χ0n) is 15.1. The fourth-order valence-corrected chi connectivity index (χ4v) is 4.23. The molecule has 154 valence electrons. The van der Waals surface area contributed by atoms with Gasteiger partial charge in [0, 0.05) is 19.3 Å². The second kappa shape index (κ2) is 8.25. The molecule has 0 aliphatic heterocycles. The van der Waals surface area contributed by atoms with Gasteiger partial charge in [0.25, 0.3) is 5.91 Å². The van der Waals surface area contributed by atoms with E-state index in [0.717, 1.165) is 11.5 Å². The van der Waals surface area contributed by atoms with Gasteiger partial charge >= 0.3 is 6.61 Å². The highest BCUT2D eigenvalue weighted by Gasteiger charge is 2.26. The van der Waals surface area contributed by atoms with Crippen LogP contribution in [0.4, 0.5) is 14.6 Å². The van der Waals surface area contributed by atoms with Crippen molar-refractivity contribution in [2.24, 2.45) is 0 Å². The number of halogens is 4. The molecule has 1 amide bonds. The number of aromatic nitrogens is 4. The Kier molecular flexibility index (Phi) is 5.67. The molecule has 3 heterocycles. The van der Waals surface area contributed by atoms with Gasteiger partial charge in [0.2, 0.25) is 0 Å². The monoisotopic (exact) mass is 513 g/mol. The Labute approximate surface area is 186 Å². The number of benzene rings is 1. The van der Waals surface area contributed by atoms with E-state index in [1.165, 1.54) is 35.0 Å².